The van der Waals surface area contributed by atoms with Crippen LogP contribution in [0.1, 0.15) is 22.4 Å². The summed E-state index contributed by atoms with van der Waals surface area (Å²) in [7, 11) is -2.22. The second kappa shape index (κ2) is 8.64. The summed E-state index contributed by atoms with van der Waals surface area (Å²) in [5.74, 6) is 0.532. The fraction of sp³-hybridized carbons (Fsp3) is 0.333. The molecule has 1 heterocycles. The normalized spacial score (nSPS) is 12.4. The highest BCUT2D eigenvalue weighted by molar-refractivity contribution is 7.89. The lowest BCUT2D eigenvalue weighted by molar-refractivity contribution is -0.0964. The smallest absolute Gasteiger partial charge is 0.487 e. The van der Waals surface area contributed by atoms with E-state index in [4.69, 9.17) is 16.3 Å². The highest BCUT2D eigenvalue weighted by Gasteiger charge is 2.28. The molecule has 0 unspecified atom stereocenters. The number of sulfonamides is 1. The number of nitrogens with one attached hydrogen (secondary N) is 2. The number of hydrogen-bond acceptors (Lipinski definition) is 4. The van der Waals surface area contributed by atoms with Crippen LogP contribution in [-0.4, -0.2) is 32.6 Å². The molecule has 1 aromatic heterocycles. The summed E-state index contributed by atoms with van der Waals surface area (Å²) in [4.78, 5) is 3.34. The molecule has 0 radical (unpaired) electrons. The Bertz CT molecular complexity index is 1220. The van der Waals surface area contributed by atoms with Crippen LogP contribution in [0.25, 0.3) is 10.9 Å². The molecule has 0 bridgehead atoms. The number of alkyl halides is 3. The Kier molecular flexibility index (Phi) is 6.50. The van der Waals surface area contributed by atoms with Crippen LogP contribution in [0.15, 0.2) is 35.2 Å². The molecule has 0 spiro atoms. The van der Waals surface area contributed by atoms with E-state index in [1.165, 1.54) is 19.2 Å². The highest BCUT2D eigenvalue weighted by Crippen LogP contribution is 2.31. The van der Waals surface area contributed by atoms with E-state index in [9.17, 15) is 17.2 Å². The second-order valence-corrected chi connectivity index (χ2v) is 9.39. The van der Waals surface area contributed by atoms with Crippen molar-refractivity contribution in [2.45, 2.75) is 37.7 Å². The maximum absolute atomic E-state index is 13.0. The Morgan fingerprint density at radius 3 is 2.48 bits per heavy atom. The molecular formula is C21H23ClF2N2O4S. The van der Waals surface area contributed by atoms with E-state index in [1.807, 2.05) is 6.92 Å². The molecular weight excluding hydrogens is 450 g/mol. The molecule has 6 nitrogen and oxygen atoms in total. The average molecular weight is 473 g/mol. The minimum absolute atomic E-state index is 0.0855. The van der Waals surface area contributed by atoms with Crippen LogP contribution >= 0.6 is 11.6 Å². The monoisotopic (exact) mass is 472 g/mol. The number of aryl methyl sites for hydroxylation is 3. The molecule has 0 amide bonds. The Morgan fingerprint density at radius 1 is 1.13 bits per heavy atom. The Balaban J connectivity index is 1.80. The van der Waals surface area contributed by atoms with E-state index >= 15 is 0 Å². The van der Waals surface area contributed by atoms with Crippen molar-refractivity contribution < 1.29 is 26.7 Å². The first kappa shape index (κ1) is 23.3. The number of hydrogen-bond donors (Lipinski definition) is 2. The maximum atomic E-state index is 13.0. The first-order valence-electron chi connectivity index (χ1n) is 9.43. The van der Waals surface area contributed by atoms with Gasteiger partial charge in [0.25, 0.3) is 0 Å². The van der Waals surface area contributed by atoms with Crippen molar-refractivity contribution in [3.63, 3.8) is 0 Å². The van der Waals surface area contributed by atoms with E-state index in [0.29, 0.717) is 28.7 Å². The zero-order valence-corrected chi connectivity index (χ0v) is 19.0. The van der Waals surface area contributed by atoms with Crippen molar-refractivity contribution >= 4 is 32.5 Å². The van der Waals surface area contributed by atoms with Crippen LogP contribution in [-0.2, 0) is 16.4 Å². The standard InChI is InChI=1S/C21H23ClF2N2O4S/c1-12-10-20(13(2)9-19(12)29-4)31(27,28)25-8-7-16-14(3)26-18-6-5-15(11-17(16)18)30-21(22,23)24/h5-6,9-11,25-26H,7-8H2,1-4H3. The maximum Gasteiger partial charge on any atom is 0.487 e. The second-order valence-electron chi connectivity index (χ2n) is 7.22. The topological polar surface area (TPSA) is 80.4 Å². The van der Waals surface area contributed by atoms with Gasteiger partial charge < -0.3 is 14.5 Å². The molecule has 10 heteroatoms. The van der Waals surface area contributed by atoms with Crippen LogP contribution in [0.5, 0.6) is 11.5 Å². The summed E-state index contributed by atoms with van der Waals surface area (Å²) in [6.07, 6.45) is 0.347. The first-order valence-corrected chi connectivity index (χ1v) is 11.3. The average Bonchev–Trinajstić information content (AvgIpc) is 2.96. The third kappa shape index (κ3) is 5.28. The molecule has 0 saturated carbocycles. The molecule has 168 valence electrons. The van der Waals surface area contributed by atoms with E-state index in [-0.39, 0.29) is 17.2 Å². The summed E-state index contributed by atoms with van der Waals surface area (Å²) < 4.78 is 63.8. The van der Waals surface area contributed by atoms with E-state index in [1.54, 1.807) is 32.0 Å². The van der Waals surface area contributed by atoms with Gasteiger partial charge in [-0.1, -0.05) is 0 Å². The summed E-state index contributed by atoms with van der Waals surface area (Å²) >= 11 is 4.85. The summed E-state index contributed by atoms with van der Waals surface area (Å²) in [6, 6.07) is 7.70. The lowest BCUT2D eigenvalue weighted by atomic mass is 10.1. The van der Waals surface area contributed by atoms with Gasteiger partial charge in [0.2, 0.25) is 10.0 Å². The Morgan fingerprint density at radius 2 is 1.84 bits per heavy atom. The fourth-order valence-electron chi connectivity index (χ4n) is 3.54. The SMILES string of the molecule is COc1cc(C)c(S(=O)(=O)NCCc2c(C)[nH]c3ccc(OC(F)(F)Cl)cc23)cc1C. The molecule has 0 saturated heterocycles. The highest BCUT2D eigenvalue weighted by atomic mass is 35.5. The first-order chi connectivity index (χ1) is 14.4. The zero-order chi connectivity index (χ0) is 23.0. The summed E-state index contributed by atoms with van der Waals surface area (Å²) in [6.45, 7) is 5.43. The van der Waals surface area contributed by atoms with Crippen molar-refractivity contribution in [3.05, 3.63) is 52.7 Å². The summed E-state index contributed by atoms with van der Waals surface area (Å²) in [5.41, 5.74) is -0.207. The summed E-state index contributed by atoms with van der Waals surface area (Å²) in [5, 5.41) is 0.659. The van der Waals surface area contributed by atoms with E-state index < -0.39 is 15.6 Å². The molecule has 0 aliphatic rings. The Hall–Kier alpha value is -2.36. The van der Waals surface area contributed by atoms with Gasteiger partial charge in [-0.15, -0.1) is 8.78 Å². The van der Waals surface area contributed by atoms with Crippen LogP contribution in [0, 0.1) is 20.8 Å². The van der Waals surface area contributed by atoms with Gasteiger partial charge in [-0.05, 0) is 74.2 Å². The quantitative estimate of drug-likeness (QED) is 0.462. The van der Waals surface area contributed by atoms with Gasteiger partial charge in [0, 0.05) is 34.7 Å². The van der Waals surface area contributed by atoms with Crippen molar-refractivity contribution in [2.75, 3.05) is 13.7 Å². The minimum Gasteiger partial charge on any atom is -0.496 e. The number of H-pyrrole nitrogens is 1. The molecule has 2 aromatic carbocycles. The lowest BCUT2D eigenvalue weighted by Gasteiger charge is -2.13. The molecule has 0 fully saturated rings. The van der Waals surface area contributed by atoms with Crippen molar-refractivity contribution in [1.82, 2.24) is 9.71 Å². The third-order valence-corrected chi connectivity index (χ3v) is 6.65. The number of methoxy groups -OCH3 is 1. The zero-order valence-electron chi connectivity index (χ0n) is 17.5. The fourth-order valence-corrected chi connectivity index (χ4v) is 4.97. The minimum atomic E-state index is -3.82. The van der Waals surface area contributed by atoms with Gasteiger partial charge in [0.05, 0.1) is 12.0 Å². The van der Waals surface area contributed by atoms with Gasteiger partial charge in [-0.25, -0.2) is 13.1 Å². The number of benzene rings is 2. The molecule has 31 heavy (non-hydrogen) atoms. The van der Waals surface area contributed by atoms with Crippen LogP contribution < -0.4 is 14.2 Å². The van der Waals surface area contributed by atoms with Gasteiger partial charge in [0.1, 0.15) is 11.5 Å². The lowest BCUT2D eigenvalue weighted by Crippen LogP contribution is -2.27. The van der Waals surface area contributed by atoms with Gasteiger partial charge in [0.15, 0.2) is 0 Å². The molecule has 0 aliphatic heterocycles. The van der Waals surface area contributed by atoms with Crippen LogP contribution in [0.2, 0.25) is 0 Å². The van der Waals surface area contributed by atoms with E-state index in [2.05, 4.69) is 14.4 Å². The number of aromatic amines is 1. The van der Waals surface area contributed by atoms with Crippen molar-refractivity contribution in [3.8, 4) is 11.5 Å². The van der Waals surface area contributed by atoms with Crippen LogP contribution in [0.3, 0.4) is 0 Å². The van der Waals surface area contributed by atoms with Gasteiger partial charge >= 0.3 is 5.57 Å². The predicted octanol–water partition coefficient (Wildman–Crippen LogP) is 4.79. The number of ether oxygens (including phenoxy) is 2. The van der Waals surface area contributed by atoms with Gasteiger partial charge in [-0.3, -0.25) is 0 Å². The Labute approximate surface area is 184 Å². The molecule has 3 rings (SSSR count). The number of aromatic nitrogens is 1. The number of fused-ring (bicyclic) bond motifs is 1. The molecule has 0 atom stereocenters. The largest absolute Gasteiger partial charge is 0.496 e. The molecule has 2 N–H and O–H groups in total. The van der Waals surface area contributed by atoms with Crippen molar-refractivity contribution in [2.24, 2.45) is 0 Å². The van der Waals surface area contributed by atoms with Crippen LogP contribution in [0.4, 0.5) is 8.78 Å². The van der Waals surface area contributed by atoms with Crippen molar-refractivity contribution in [1.29, 1.82) is 0 Å². The number of rotatable bonds is 8. The van der Waals surface area contributed by atoms with E-state index in [0.717, 1.165) is 16.8 Å². The third-order valence-electron chi connectivity index (χ3n) is 4.97. The molecule has 3 aromatic rings. The molecule has 0 aliphatic carbocycles. The predicted molar refractivity (Wildman–Crippen MR) is 116 cm³/mol. The number of halogens is 3. The van der Waals surface area contributed by atoms with Gasteiger partial charge in [-0.2, -0.15) is 0 Å².